The molecule has 16 heavy (non-hydrogen) atoms. The molecule has 0 spiro atoms. The van der Waals surface area contributed by atoms with Gasteiger partial charge >= 0.3 is 0 Å². The van der Waals surface area contributed by atoms with E-state index in [9.17, 15) is 0 Å². The minimum absolute atomic E-state index is 0.919. The fourth-order valence-electron chi connectivity index (χ4n) is 2.06. The molecule has 1 fully saturated rings. The van der Waals surface area contributed by atoms with Crippen LogP contribution in [0, 0.1) is 5.92 Å². The van der Waals surface area contributed by atoms with Gasteiger partial charge in [0.15, 0.2) is 0 Å². The largest absolute Gasteiger partial charge is 0.309 e. The zero-order valence-electron chi connectivity index (χ0n) is 9.98. The molecule has 90 valence electrons. The van der Waals surface area contributed by atoms with Crippen LogP contribution in [0.5, 0.6) is 0 Å². The molecule has 1 saturated heterocycles. The maximum Gasteiger partial charge on any atom is 0.106 e. The van der Waals surface area contributed by atoms with Gasteiger partial charge in [-0.1, -0.05) is 6.92 Å². The van der Waals surface area contributed by atoms with Crippen LogP contribution in [0.25, 0.3) is 0 Å². The van der Waals surface area contributed by atoms with Crippen molar-refractivity contribution in [3.8, 4) is 0 Å². The van der Waals surface area contributed by atoms with E-state index < -0.39 is 0 Å². The van der Waals surface area contributed by atoms with Gasteiger partial charge in [-0.15, -0.1) is 11.3 Å². The highest BCUT2D eigenvalue weighted by molar-refractivity contribution is 7.09. The van der Waals surface area contributed by atoms with Gasteiger partial charge in [-0.2, -0.15) is 0 Å². The van der Waals surface area contributed by atoms with E-state index >= 15 is 0 Å². The number of hydrogen-bond donors (Lipinski definition) is 1. The van der Waals surface area contributed by atoms with Crippen molar-refractivity contribution in [2.75, 3.05) is 26.2 Å². The normalized spacial score (nSPS) is 19.1. The number of piperidine rings is 1. The van der Waals surface area contributed by atoms with Gasteiger partial charge in [0.1, 0.15) is 5.01 Å². The summed E-state index contributed by atoms with van der Waals surface area (Å²) in [5.41, 5.74) is 0. The minimum atomic E-state index is 0.919. The SMILES string of the molecule is CC1CCN(CCNCc2nccs2)CC1. The second kappa shape index (κ2) is 6.33. The number of hydrogen-bond acceptors (Lipinski definition) is 4. The summed E-state index contributed by atoms with van der Waals surface area (Å²) in [5.74, 6) is 0.930. The van der Waals surface area contributed by atoms with Crippen molar-refractivity contribution in [1.82, 2.24) is 15.2 Å². The van der Waals surface area contributed by atoms with Crippen LogP contribution in [-0.2, 0) is 6.54 Å². The highest BCUT2D eigenvalue weighted by Gasteiger charge is 2.14. The lowest BCUT2D eigenvalue weighted by atomic mass is 9.99. The van der Waals surface area contributed by atoms with Gasteiger partial charge in [-0.3, -0.25) is 0 Å². The fourth-order valence-corrected chi connectivity index (χ4v) is 2.64. The van der Waals surface area contributed by atoms with Gasteiger partial charge in [0.2, 0.25) is 0 Å². The van der Waals surface area contributed by atoms with Crippen LogP contribution >= 0.6 is 11.3 Å². The van der Waals surface area contributed by atoms with Crippen molar-refractivity contribution in [3.05, 3.63) is 16.6 Å². The Morgan fingerprint density at radius 1 is 1.50 bits per heavy atom. The summed E-state index contributed by atoms with van der Waals surface area (Å²) in [6.07, 6.45) is 4.60. The Hall–Kier alpha value is -0.450. The summed E-state index contributed by atoms with van der Waals surface area (Å²) in [6, 6.07) is 0. The minimum Gasteiger partial charge on any atom is -0.309 e. The second-order valence-electron chi connectivity index (χ2n) is 4.63. The Morgan fingerprint density at radius 2 is 2.31 bits per heavy atom. The average molecular weight is 239 g/mol. The highest BCUT2D eigenvalue weighted by atomic mass is 32.1. The molecule has 0 radical (unpaired) electrons. The molecule has 4 heteroatoms. The Bertz CT molecular complexity index is 278. The van der Waals surface area contributed by atoms with Crippen molar-refractivity contribution < 1.29 is 0 Å². The summed E-state index contributed by atoms with van der Waals surface area (Å²) in [5, 5.41) is 6.67. The Morgan fingerprint density at radius 3 is 3.00 bits per heavy atom. The van der Waals surface area contributed by atoms with Gasteiger partial charge in [0.05, 0.1) is 0 Å². The molecule has 1 aromatic heterocycles. The van der Waals surface area contributed by atoms with E-state index in [0.717, 1.165) is 19.0 Å². The van der Waals surface area contributed by atoms with Crippen molar-refractivity contribution in [2.45, 2.75) is 26.3 Å². The van der Waals surface area contributed by atoms with Gasteiger partial charge in [0.25, 0.3) is 0 Å². The molecule has 1 N–H and O–H groups in total. The molecule has 0 amide bonds. The quantitative estimate of drug-likeness (QED) is 0.796. The number of thiazole rings is 1. The molecule has 2 heterocycles. The van der Waals surface area contributed by atoms with E-state index in [2.05, 4.69) is 22.1 Å². The smallest absolute Gasteiger partial charge is 0.106 e. The number of nitrogens with zero attached hydrogens (tertiary/aromatic N) is 2. The van der Waals surface area contributed by atoms with Gasteiger partial charge < -0.3 is 10.2 Å². The summed E-state index contributed by atoms with van der Waals surface area (Å²) >= 11 is 1.72. The first-order valence-electron chi connectivity index (χ1n) is 6.16. The topological polar surface area (TPSA) is 28.2 Å². The first-order valence-corrected chi connectivity index (χ1v) is 7.04. The molecule has 0 saturated carbocycles. The highest BCUT2D eigenvalue weighted by Crippen LogP contribution is 2.15. The molecule has 2 rings (SSSR count). The third-order valence-electron chi connectivity index (χ3n) is 3.24. The summed E-state index contributed by atoms with van der Waals surface area (Å²) in [6.45, 7) is 8.09. The number of aromatic nitrogens is 1. The van der Waals surface area contributed by atoms with Gasteiger partial charge in [-0.25, -0.2) is 4.98 Å². The molecular weight excluding hydrogens is 218 g/mol. The predicted octanol–water partition coefficient (Wildman–Crippen LogP) is 1.96. The Kier molecular flexibility index (Phi) is 4.75. The van der Waals surface area contributed by atoms with E-state index in [-0.39, 0.29) is 0 Å². The van der Waals surface area contributed by atoms with Crippen molar-refractivity contribution >= 4 is 11.3 Å². The zero-order chi connectivity index (χ0) is 11.2. The molecule has 1 aliphatic heterocycles. The Balaban J connectivity index is 1.55. The number of rotatable bonds is 5. The average Bonchev–Trinajstić information content (AvgIpc) is 2.80. The van der Waals surface area contributed by atoms with Gasteiger partial charge in [0, 0.05) is 31.2 Å². The van der Waals surface area contributed by atoms with Crippen LogP contribution in [0.15, 0.2) is 11.6 Å². The first kappa shape index (κ1) is 12.0. The molecular formula is C12H21N3S. The summed E-state index contributed by atoms with van der Waals surface area (Å²) in [7, 11) is 0. The van der Waals surface area contributed by atoms with Gasteiger partial charge in [-0.05, 0) is 31.8 Å². The lowest BCUT2D eigenvalue weighted by molar-refractivity contribution is 0.193. The first-order chi connectivity index (χ1) is 7.84. The molecule has 1 aromatic rings. The van der Waals surface area contributed by atoms with E-state index in [1.807, 2.05) is 11.6 Å². The summed E-state index contributed by atoms with van der Waals surface area (Å²) in [4.78, 5) is 6.82. The van der Waals surface area contributed by atoms with Crippen LogP contribution in [0.1, 0.15) is 24.8 Å². The maximum absolute atomic E-state index is 4.25. The lowest BCUT2D eigenvalue weighted by Gasteiger charge is -2.30. The van der Waals surface area contributed by atoms with E-state index in [4.69, 9.17) is 0 Å². The number of nitrogens with one attached hydrogen (secondary N) is 1. The molecule has 1 aliphatic rings. The van der Waals surface area contributed by atoms with Crippen LogP contribution in [-0.4, -0.2) is 36.1 Å². The van der Waals surface area contributed by atoms with E-state index in [1.54, 1.807) is 11.3 Å². The third kappa shape index (κ3) is 3.85. The fraction of sp³-hybridized carbons (Fsp3) is 0.750. The molecule has 3 nitrogen and oxygen atoms in total. The molecule has 0 atom stereocenters. The lowest BCUT2D eigenvalue weighted by Crippen LogP contribution is -2.37. The van der Waals surface area contributed by atoms with Crippen LogP contribution in [0.2, 0.25) is 0 Å². The maximum atomic E-state index is 4.25. The second-order valence-corrected chi connectivity index (χ2v) is 5.61. The van der Waals surface area contributed by atoms with E-state index in [1.165, 1.54) is 37.5 Å². The molecule has 0 unspecified atom stereocenters. The summed E-state index contributed by atoms with van der Waals surface area (Å²) < 4.78 is 0. The molecule has 0 aromatic carbocycles. The number of likely N-dealkylation sites (tertiary alicyclic amines) is 1. The third-order valence-corrected chi connectivity index (χ3v) is 4.02. The van der Waals surface area contributed by atoms with Crippen LogP contribution in [0.4, 0.5) is 0 Å². The standard InChI is InChI=1S/C12H21N3S/c1-11-2-6-15(7-3-11)8-4-13-10-12-14-5-9-16-12/h5,9,11,13H,2-4,6-8,10H2,1H3. The molecule has 0 aliphatic carbocycles. The monoisotopic (exact) mass is 239 g/mol. The van der Waals surface area contributed by atoms with Crippen LogP contribution < -0.4 is 5.32 Å². The Labute approximate surface area is 102 Å². The predicted molar refractivity (Wildman–Crippen MR) is 68.7 cm³/mol. The van der Waals surface area contributed by atoms with E-state index in [0.29, 0.717) is 0 Å². The van der Waals surface area contributed by atoms with Crippen molar-refractivity contribution in [2.24, 2.45) is 5.92 Å². The van der Waals surface area contributed by atoms with Crippen LogP contribution in [0.3, 0.4) is 0 Å². The van der Waals surface area contributed by atoms with Crippen molar-refractivity contribution in [3.63, 3.8) is 0 Å². The van der Waals surface area contributed by atoms with Crippen molar-refractivity contribution in [1.29, 1.82) is 0 Å². The molecule has 0 bridgehead atoms. The zero-order valence-corrected chi connectivity index (χ0v) is 10.8.